The molecule has 14 heavy (non-hydrogen) atoms. The molecule has 3 saturated heterocycles. The van der Waals surface area contributed by atoms with Crippen LogP contribution in [0.5, 0.6) is 0 Å². The number of ether oxygens (including phenoxy) is 1. The Morgan fingerprint density at radius 2 is 2.07 bits per heavy atom. The summed E-state index contributed by atoms with van der Waals surface area (Å²) >= 11 is 0. The molecule has 3 fully saturated rings. The van der Waals surface area contributed by atoms with Crippen LogP contribution in [0.2, 0.25) is 0 Å². The van der Waals surface area contributed by atoms with Gasteiger partial charge in [0.1, 0.15) is 0 Å². The lowest BCUT2D eigenvalue weighted by atomic mass is 9.80. The first-order chi connectivity index (χ1) is 6.91. The molecule has 3 heterocycles. The van der Waals surface area contributed by atoms with Crippen LogP contribution >= 0.6 is 0 Å². The summed E-state index contributed by atoms with van der Waals surface area (Å²) in [5.41, 5.74) is 0.410. The van der Waals surface area contributed by atoms with E-state index in [9.17, 15) is 0 Å². The van der Waals surface area contributed by atoms with E-state index in [1.54, 1.807) is 0 Å². The second kappa shape index (κ2) is 3.47. The van der Waals surface area contributed by atoms with Crippen LogP contribution < -0.4 is 5.32 Å². The predicted molar refractivity (Wildman–Crippen MR) is 55.4 cm³/mol. The fraction of sp³-hybridized carbons (Fsp3) is 1.00. The van der Waals surface area contributed by atoms with Crippen molar-refractivity contribution in [1.82, 2.24) is 10.2 Å². The minimum atomic E-state index is 0.410. The van der Waals surface area contributed by atoms with Gasteiger partial charge >= 0.3 is 0 Å². The van der Waals surface area contributed by atoms with E-state index < -0.39 is 0 Å². The molecule has 0 radical (unpaired) electrons. The van der Waals surface area contributed by atoms with Crippen LogP contribution in [0, 0.1) is 0 Å². The normalized spacial score (nSPS) is 37.3. The van der Waals surface area contributed by atoms with E-state index in [1.807, 2.05) is 0 Å². The van der Waals surface area contributed by atoms with Crippen LogP contribution in [0.1, 0.15) is 25.7 Å². The van der Waals surface area contributed by atoms with Gasteiger partial charge in [0, 0.05) is 37.9 Å². The number of nitrogens with zero attached hydrogens (tertiary/aromatic N) is 1. The van der Waals surface area contributed by atoms with Gasteiger partial charge in [0.15, 0.2) is 0 Å². The van der Waals surface area contributed by atoms with E-state index in [1.165, 1.54) is 45.3 Å². The molecule has 3 nitrogen and oxygen atoms in total. The average molecular weight is 196 g/mol. The molecule has 3 heteroatoms. The van der Waals surface area contributed by atoms with Crippen molar-refractivity contribution < 1.29 is 4.74 Å². The lowest BCUT2D eigenvalue weighted by Crippen LogP contribution is -2.66. The standard InChI is InChI=1S/C11H20N2O/c1-2-10-11(3-8-14-9-4-11)12-5-7-13(10)6-1/h10,12H,1-9H2/t10-/m1/s1. The van der Waals surface area contributed by atoms with Crippen LogP contribution in [0.4, 0.5) is 0 Å². The monoisotopic (exact) mass is 196 g/mol. The van der Waals surface area contributed by atoms with E-state index in [4.69, 9.17) is 4.74 Å². The number of nitrogens with one attached hydrogen (secondary N) is 1. The highest BCUT2D eigenvalue weighted by Crippen LogP contribution is 2.35. The smallest absolute Gasteiger partial charge is 0.0484 e. The molecule has 3 rings (SSSR count). The maximum atomic E-state index is 5.49. The Labute approximate surface area is 85.8 Å². The van der Waals surface area contributed by atoms with Crippen LogP contribution in [-0.2, 0) is 4.74 Å². The molecule has 1 N–H and O–H groups in total. The topological polar surface area (TPSA) is 24.5 Å². The maximum absolute atomic E-state index is 5.49. The maximum Gasteiger partial charge on any atom is 0.0484 e. The Morgan fingerprint density at radius 1 is 1.21 bits per heavy atom. The fourth-order valence-electron chi connectivity index (χ4n) is 3.53. The van der Waals surface area contributed by atoms with Gasteiger partial charge in [-0.25, -0.2) is 0 Å². The number of rotatable bonds is 0. The van der Waals surface area contributed by atoms with Gasteiger partial charge in [-0.1, -0.05) is 0 Å². The van der Waals surface area contributed by atoms with E-state index in [0.717, 1.165) is 19.3 Å². The number of piperazine rings is 1. The summed E-state index contributed by atoms with van der Waals surface area (Å²) in [4.78, 5) is 2.70. The SMILES string of the molecule is C1C[C@H]2N(C1)CCNC21CCOCC1. The summed E-state index contributed by atoms with van der Waals surface area (Å²) in [6, 6.07) is 0.806. The van der Waals surface area contributed by atoms with Crippen LogP contribution in [-0.4, -0.2) is 49.3 Å². The molecule has 0 aromatic rings. The third kappa shape index (κ3) is 1.30. The molecule has 0 aromatic heterocycles. The van der Waals surface area contributed by atoms with Gasteiger partial charge < -0.3 is 10.1 Å². The summed E-state index contributed by atoms with van der Waals surface area (Å²) in [5.74, 6) is 0. The summed E-state index contributed by atoms with van der Waals surface area (Å²) in [6.07, 6.45) is 5.23. The van der Waals surface area contributed by atoms with Gasteiger partial charge in [0.25, 0.3) is 0 Å². The molecule has 1 atom stereocenters. The number of fused-ring (bicyclic) bond motifs is 2. The third-order valence-electron chi connectivity index (χ3n) is 4.26. The zero-order chi connectivity index (χ0) is 9.43. The highest BCUT2D eigenvalue weighted by atomic mass is 16.5. The molecular weight excluding hydrogens is 176 g/mol. The summed E-state index contributed by atoms with van der Waals surface area (Å²) < 4.78 is 5.49. The quantitative estimate of drug-likeness (QED) is 0.614. The summed E-state index contributed by atoms with van der Waals surface area (Å²) in [7, 11) is 0. The van der Waals surface area contributed by atoms with Crippen LogP contribution in [0.15, 0.2) is 0 Å². The second-order valence-corrected chi connectivity index (χ2v) is 4.89. The summed E-state index contributed by atoms with van der Waals surface area (Å²) in [6.45, 7) is 5.67. The first kappa shape index (κ1) is 9.13. The Hall–Kier alpha value is -0.120. The molecular formula is C11H20N2O. The van der Waals surface area contributed by atoms with Gasteiger partial charge in [0.2, 0.25) is 0 Å². The first-order valence-corrected chi connectivity index (χ1v) is 5.98. The lowest BCUT2D eigenvalue weighted by molar-refractivity contribution is -0.0162. The van der Waals surface area contributed by atoms with Crippen molar-refractivity contribution in [2.24, 2.45) is 0 Å². The van der Waals surface area contributed by atoms with E-state index in [2.05, 4.69) is 10.2 Å². The molecule has 3 aliphatic rings. The Bertz CT molecular complexity index is 208. The van der Waals surface area contributed by atoms with Gasteiger partial charge in [-0.15, -0.1) is 0 Å². The minimum Gasteiger partial charge on any atom is -0.381 e. The molecule has 0 unspecified atom stereocenters. The number of hydrogen-bond acceptors (Lipinski definition) is 3. The van der Waals surface area contributed by atoms with E-state index in [-0.39, 0.29) is 0 Å². The van der Waals surface area contributed by atoms with Crippen molar-refractivity contribution in [2.45, 2.75) is 37.3 Å². The zero-order valence-electron chi connectivity index (χ0n) is 8.80. The molecule has 0 aliphatic carbocycles. The molecule has 0 saturated carbocycles. The molecule has 80 valence electrons. The van der Waals surface area contributed by atoms with Crippen molar-refractivity contribution in [1.29, 1.82) is 0 Å². The highest BCUT2D eigenvalue weighted by molar-refractivity contribution is 5.06. The first-order valence-electron chi connectivity index (χ1n) is 5.98. The Morgan fingerprint density at radius 3 is 2.93 bits per heavy atom. The molecule has 0 bridgehead atoms. The Balaban J connectivity index is 1.81. The van der Waals surface area contributed by atoms with Crippen molar-refractivity contribution in [3.05, 3.63) is 0 Å². The fourth-order valence-corrected chi connectivity index (χ4v) is 3.53. The van der Waals surface area contributed by atoms with E-state index in [0.29, 0.717) is 5.54 Å². The minimum absolute atomic E-state index is 0.410. The summed E-state index contributed by atoms with van der Waals surface area (Å²) in [5, 5.41) is 3.78. The van der Waals surface area contributed by atoms with Crippen molar-refractivity contribution in [2.75, 3.05) is 32.8 Å². The molecule has 0 aromatic carbocycles. The van der Waals surface area contributed by atoms with Crippen LogP contribution in [0.25, 0.3) is 0 Å². The number of hydrogen-bond donors (Lipinski definition) is 1. The zero-order valence-corrected chi connectivity index (χ0v) is 8.80. The van der Waals surface area contributed by atoms with Crippen molar-refractivity contribution >= 4 is 0 Å². The lowest BCUT2D eigenvalue weighted by Gasteiger charge is -2.50. The molecule has 1 spiro atoms. The van der Waals surface area contributed by atoms with Crippen LogP contribution in [0.3, 0.4) is 0 Å². The van der Waals surface area contributed by atoms with Gasteiger partial charge in [-0.05, 0) is 32.2 Å². The van der Waals surface area contributed by atoms with Gasteiger partial charge in [-0.2, -0.15) is 0 Å². The average Bonchev–Trinajstić information content (AvgIpc) is 2.69. The second-order valence-electron chi connectivity index (χ2n) is 4.89. The van der Waals surface area contributed by atoms with Gasteiger partial charge in [0.05, 0.1) is 0 Å². The van der Waals surface area contributed by atoms with Gasteiger partial charge in [-0.3, -0.25) is 4.90 Å². The third-order valence-corrected chi connectivity index (χ3v) is 4.26. The highest BCUT2D eigenvalue weighted by Gasteiger charge is 2.46. The van der Waals surface area contributed by atoms with Crippen molar-refractivity contribution in [3.8, 4) is 0 Å². The largest absolute Gasteiger partial charge is 0.381 e. The Kier molecular flexibility index (Phi) is 2.26. The molecule has 0 amide bonds. The van der Waals surface area contributed by atoms with Crippen molar-refractivity contribution in [3.63, 3.8) is 0 Å². The van der Waals surface area contributed by atoms with E-state index >= 15 is 0 Å². The predicted octanol–water partition coefficient (Wildman–Crippen LogP) is 0.603. The molecule has 3 aliphatic heterocycles.